The molecule has 0 aliphatic heterocycles. The number of para-hydroxylation sites is 1. The lowest BCUT2D eigenvalue weighted by Gasteiger charge is -2.11. The van der Waals surface area contributed by atoms with Crippen LogP contribution < -0.4 is 0 Å². The predicted octanol–water partition coefficient (Wildman–Crippen LogP) is 10.8. The van der Waals surface area contributed by atoms with E-state index in [-0.39, 0.29) is 0 Å². The molecule has 0 aliphatic carbocycles. The summed E-state index contributed by atoms with van der Waals surface area (Å²) in [6, 6.07) is 50.0. The van der Waals surface area contributed by atoms with E-state index in [4.69, 9.17) is 24.4 Å². The van der Waals surface area contributed by atoms with Crippen molar-refractivity contribution < 1.29 is 4.42 Å². The number of hydrogen-bond acceptors (Lipinski definition) is 5. The Morgan fingerprint density at radius 2 is 1.04 bits per heavy atom. The van der Waals surface area contributed by atoms with E-state index in [1.54, 1.807) is 0 Å². The molecular formula is C42H24N4O. The maximum atomic E-state index is 6.14. The first kappa shape index (κ1) is 25.8. The van der Waals surface area contributed by atoms with E-state index in [9.17, 15) is 0 Å². The fraction of sp³-hybridized carbons (Fsp3) is 0. The van der Waals surface area contributed by atoms with Crippen LogP contribution in [0.1, 0.15) is 0 Å². The molecule has 10 rings (SSSR count). The molecule has 5 nitrogen and oxygen atoms in total. The average molecular weight is 601 g/mol. The van der Waals surface area contributed by atoms with Crippen LogP contribution in [-0.2, 0) is 0 Å². The second-order valence-corrected chi connectivity index (χ2v) is 11.9. The van der Waals surface area contributed by atoms with Crippen molar-refractivity contribution in [3.8, 4) is 34.3 Å². The molecule has 0 radical (unpaired) electrons. The van der Waals surface area contributed by atoms with E-state index in [1.807, 2.05) is 60.7 Å². The minimum Gasteiger partial charge on any atom is -0.456 e. The lowest BCUT2D eigenvalue weighted by molar-refractivity contribution is 0.669. The normalized spacial score (nSPS) is 11.8. The average Bonchev–Trinajstić information content (AvgIpc) is 3.53. The molecule has 0 bridgehead atoms. The van der Waals surface area contributed by atoms with E-state index >= 15 is 0 Å². The summed E-state index contributed by atoms with van der Waals surface area (Å²) >= 11 is 0. The molecule has 5 heteroatoms. The molecule has 218 valence electrons. The van der Waals surface area contributed by atoms with E-state index in [1.165, 1.54) is 16.2 Å². The zero-order chi connectivity index (χ0) is 30.9. The zero-order valence-corrected chi connectivity index (χ0v) is 25.1. The Labute approximate surface area is 268 Å². The predicted molar refractivity (Wildman–Crippen MR) is 191 cm³/mol. The highest BCUT2D eigenvalue weighted by Crippen LogP contribution is 2.37. The van der Waals surface area contributed by atoms with Crippen molar-refractivity contribution in [1.29, 1.82) is 0 Å². The van der Waals surface area contributed by atoms with E-state index in [2.05, 4.69) is 84.9 Å². The first-order valence-electron chi connectivity index (χ1n) is 15.6. The summed E-state index contributed by atoms with van der Waals surface area (Å²) in [5.74, 6) is 1.73. The monoisotopic (exact) mass is 600 g/mol. The van der Waals surface area contributed by atoms with Gasteiger partial charge in [0, 0.05) is 32.7 Å². The number of furan rings is 1. The van der Waals surface area contributed by atoms with Crippen molar-refractivity contribution in [2.45, 2.75) is 0 Å². The molecule has 0 spiro atoms. The van der Waals surface area contributed by atoms with Crippen molar-refractivity contribution in [2.24, 2.45) is 0 Å². The van der Waals surface area contributed by atoms with Crippen LogP contribution in [0.4, 0.5) is 0 Å². The zero-order valence-electron chi connectivity index (χ0n) is 25.1. The molecule has 3 heterocycles. The highest BCUT2D eigenvalue weighted by atomic mass is 16.3. The second-order valence-electron chi connectivity index (χ2n) is 11.9. The van der Waals surface area contributed by atoms with Gasteiger partial charge in [0.15, 0.2) is 17.5 Å². The van der Waals surface area contributed by atoms with Crippen molar-refractivity contribution in [3.63, 3.8) is 0 Å². The summed E-state index contributed by atoms with van der Waals surface area (Å²) < 4.78 is 6.14. The number of benzene rings is 7. The highest BCUT2D eigenvalue weighted by Gasteiger charge is 2.16. The SMILES string of the molecule is c1ccc(-c2nc(-c3ccc4c(ccc5oc6ccccc6c54)c3)nc(-c3ccc4ccc5c6ccccc6ccc5c4n3)n2)cc1. The van der Waals surface area contributed by atoms with Gasteiger partial charge in [0.2, 0.25) is 0 Å². The molecule has 10 aromatic rings. The van der Waals surface area contributed by atoms with Gasteiger partial charge in [0.25, 0.3) is 0 Å². The molecule has 0 saturated carbocycles. The number of nitrogens with zero attached hydrogens (tertiary/aromatic N) is 4. The fourth-order valence-electron chi connectivity index (χ4n) is 6.83. The van der Waals surface area contributed by atoms with Gasteiger partial charge in [0.1, 0.15) is 16.9 Å². The van der Waals surface area contributed by atoms with Crippen LogP contribution in [0.15, 0.2) is 150 Å². The Balaban J connectivity index is 1.18. The molecule has 0 fully saturated rings. The summed E-state index contributed by atoms with van der Waals surface area (Å²) in [5.41, 5.74) is 5.22. The summed E-state index contributed by atoms with van der Waals surface area (Å²) in [7, 11) is 0. The van der Waals surface area contributed by atoms with Crippen LogP contribution in [0.3, 0.4) is 0 Å². The minimum absolute atomic E-state index is 0.532. The summed E-state index contributed by atoms with van der Waals surface area (Å²) in [4.78, 5) is 20.2. The molecule has 47 heavy (non-hydrogen) atoms. The Morgan fingerprint density at radius 1 is 0.362 bits per heavy atom. The molecule has 7 aromatic carbocycles. The summed E-state index contributed by atoms with van der Waals surface area (Å²) in [6.07, 6.45) is 0. The van der Waals surface area contributed by atoms with Gasteiger partial charge in [-0.25, -0.2) is 19.9 Å². The Hall–Kier alpha value is -6.46. The van der Waals surface area contributed by atoms with Gasteiger partial charge >= 0.3 is 0 Å². The first-order chi connectivity index (χ1) is 23.3. The van der Waals surface area contributed by atoms with Crippen LogP contribution in [0.25, 0.3) is 99.5 Å². The van der Waals surface area contributed by atoms with Crippen LogP contribution >= 0.6 is 0 Å². The molecule has 0 saturated heterocycles. The number of rotatable bonds is 3. The molecular weight excluding hydrogens is 576 g/mol. The van der Waals surface area contributed by atoms with Crippen LogP contribution in [0.2, 0.25) is 0 Å². The molecule has 0 atom stereocenters. The van der Waals surface area contributed by atoms with Gasteiger partial charge in [-0.2, -0.15) is 0 Å². The molecule has 0 aliphatic rings. The fourth-order valence-corrected chi connectivity index (χ4v) is 6.83. The van der Waals surface area contributed by atoms with Gasteiger partial charge < -0.3 is 4.42 Å². The lowest BCUT2D eigenvalue weighted by atomic mass is 9.99. The lowest BCUT2D eigenvalue weighted by Crippen LogP contribution is -2.01. The first-order valence-corrected chi connectivity index (χ1v) is 15.6. The van der Waals surface area contributed by atoms with Crippen molar-refractivity contribution in [2.75, 3.05) is 0 Å². The maximum absolute atomic E-state index is 6.14. The van der Waals surface area contributed by atoms with Gasteiger partial charge in [-0.05, 0) is 51.2 Å². The van der Waals surface area contributed by atoms with Crippen molar-refractivity contribution in [1.82, 2.24) is 19.9 Å². The quantitative estimate of drug-likeness (QED) is 0.189. The topological polar surface area (TPSA) is 64.7 Å². The van der Waals surface area contributed by atoms with Gasteiger partial charge in [-0.15, -0.1) is 0 Å². The third kappa shape index (κ3) is 4.10. The highest BCUT2D eigenvalue weighted by molar-refractivity contribution is 6.19. The maximum Gasteiger partial charge on any atom is 0.182 e. The minimum atomic E-state index is 0.532. The van der Waals surface area contributed by atoms with Crippen LogP contribution in [0, 0.1) is 0 Å². The molecule has 0 unspecified atom stereocenters. The summed E-state index contributed by atoms with van der Waals surface area (Å²) in [5, 5.41) is 10.2. The third-order valence-electron chi connectivity index (χ3n) is 9.09. The molecule has 3 aromatic heterocycles. The Morgan fingerprint density at radius 3 is 1.96 bits per heavy atom. The van der Waals surface area contributed by atoms with Crippen molar-refractivity contribution >= 4 is 65.2 Å². The number of aromatic nitrogens is 4. The van der Waals surface area contributed by atoms with E-state index < -0.39 is 0 Å². The van der Waals surface area contributed by atoms with E-state index in [0.29, 0.717) is 23.2 Å². The van der Waals surface area contributed by atoms with E-state index in [0.717, 1.165) is 60.1 Å². The largest absolute Gasteiger partial charge is 0.456 e. The number of fused-ring (bicyclic) bond motifs is 10. The smallest absolute Gasteiger partial charge is 0.182 e. The van der Waals surface area contributed by atoms with Gasteiger partial charge in [-0.1, -0.05) is 121 Å². The Bertz CT molecular complexity index is 2860. The standard InChI is InChI=1S/C42H24N4O/c1-2-9-27(10-3-1)40-44-41(29-16-19-31-28(24-29)18-23-37-38(31)34-12-6-7-13-36(34)47-37)46-42(45-40)35-22-17-26-15-20-32-30-11-5-4-8-25(30)14-21-33(32)39(26)43-35/h1-24H. The number of pyridine rings is 1. The Kier molecular flexibility index (Phi) is 5.51. The van der Waals surface area contributed by atoms with Crippen molar-refractivity contribution in [3.05, 3.63) is 146 Å². The number of hydrogen-bond donors (Lipinski definition) is 0. The van der Waals surface area contributed by atoms with Gasteiger partial charge in [0.05, 0.1) is 5.52 Å². The molecule has 0 amide bonds. The summed E-state index contributed by atoms with van der Waals surface area (Å²) in [6.45, 7) is 0. The van der Waals surface area contributed by atoms with Crippen LogP contribution in [-0.4, -0.2) is 19.9 Å². The molecule has 0 N–H and O–H groups in total. The third-order valence-corrected chi connectivity index (χ3v) is 9.09. The van der Waals surface area contributed by atoms with Gasteiger partial charge in [-0.3, -0.25) is 0 Å². The van der Waals surface area contributed by atoms with Crippen LogP contribution in [0.5, 0.6) is 0 Å². The second kappa shape index (κ2) is 10.0.